The summed E-state index contributed by atoms with van der Waals surface area (Å²) in [6.07, 6.45) is 23.9. The molecule has 1 amide bonds. The Morgan fingerprint density at radius 3 is 1.42 bits per heavy atom. The third-order valence-corrected chi connectivity index (χ3v) is 10.8. The third kappa shape index (κ3) is 23.8. The van der Waals surface area contributed by atoms with Gasteiger partial charge >= 0.3 is 0 Å². The fourth-order valence-corrected chi connectivity index (χ4v) is 7.20. The molecule has 52 heavy (non-hydrogen) atoms. The van der Waals surface area contributed by atoms with E-state index in [1.807, 2.05) is 0 Å². The van der Waals surface area contributed by atoms with Crippen molar-refractivity contribution in [2.45, 2.75) is 249 Å². The number of hydrogen-bond donors (Lipinski definition) is 7. The van der Waals surface area contributed by atoms with Crippen LogP contribution in [0.2, 0.25) is 0 Å². The molecule has 1 fully saturated rings. The van der Waals surface area contributed by atoms with Crippen LogP contribution >= 0.6 is 0 Å². The number of nitrogens with one attached hydrogen (secondary N) is 1. The Morgan fingerprint density at radius 1 is 0.596 bits per heavy atom. The average molecular weight is 746 g/mol. The molecule has 1 saturated heterocycles. The Kier molecular flexibility index (Phi) is 31.7. The molecule has 10 heteroatoms. The lowest BCUT2D eigenvalue weighted by atomic mass is 9.98. The molecule has 1 aliphatic heterocycles. The van der Waals surface area contributed by atoms with Crippen molar-refractivity contribution in [2.75, 3.05) is 13.2 Å². The largest absolute Gasteiger partial charge is 0.394 e. The summed E-state index contributed by atoms with van der Waals surface area (Å²) >= 11 is 0. The standard InChI is InChI=1S/C42H83NO9/c1-3-5-7-9-11-13-15-17-19-21-23-25-27-29-31-37(46)43-34(33-51-42-41(50)40(49)39(48)36(32-44)52-42)38(47)35(45)30-28-26-24-22-20-18-16-14-12-10-8-6-4-2/h34-36,38-42,44-45,47-50H,3-33H2,1-2H3,(H,43,46)/t34-,35+,36+,38-,39-,40?,41?,42+/m0/s1. The van der Waals surface area contributed by atoms with Gasteiger partial charge in [-0.2, -0.15) is 0 Å². The summed E-state index contributed by atoms with van der Waals surface area (Å²) in [5.74, 6) is -0.256. The molecule has 0 radical (unpaired) electrons. The number of carbonyl (C=O) groups is 1. The molecule has 1 aliphatic rings. The van der Waals surface area contributed by atoms with Gasteiger partial charge in [0.1, 0.15) is 30.5 Å². The molecular weight excluding hydrogens is 662 g/mol. The minimum atomic E-state index is -1.60. The van der Waals surface area contributed by atoms with Crippen LogP contribution in [0.3, 0.4) is 0 Å². The van der Waals surface area contributed by atoms with Gasteiger partial charge in [0.15, 0.2) is 6.29 Å². The highest BCUT2D eigenvalue weighted by molar-refractivity contribution is 5.76. The maximum atomic E-state index is 12.9. The maximum Gasteiger partial charge on any atom is 0.220 e. The summed E-state index contributed by atoms with van der Waals surface area (Å²) < 4.78 is 11.1. The Morgan fingerprint density at radius 2 is 1.00 bits per heavy atom. The number of rotatable bonds is 36. The number of aliphatic hydroxyl groups is 6. The molecule has 0 bridgehead atoms. The molecule has 0 aromatic heterocycles. The van der Waals surface area contributed by atoms with Crippen LogP contribution in [0.1, 0.15) is 200 Å². The van der Waals surface area contributed by atoms with Crippen LogP contribution in [0, 0.1) is 0 Å². The van der Waals surface area contributed by atoms with Gasteiger partial charge in [-0.1, -0.05) is 181 Å². The van der Waals surface area contributed by atoms with Gasteiger partial charge in [-0.05, 0) is 12.8 Å². The predicted octanol–water partition coefficient (Wildman–Crippen LogP) is 7.36. The first-order valence-corrected chi connectivity index (χ1v) is 21.8. The number of carbonyl (C=O) groups excluding carboxylic acids is 1. The molecular formula is C42H83NO9. The SMILES string of the molecule is CCCCCCCCCCCCCCCCC(=O)N[C@@H](CO[C@@H]1O[C@H](CO)[C@H](O)C(O)C1O)[C@H](O)[C@H](O)CCCCCCCCCCCCCCC. The lowest BCUT2D eigenvalue weighted by molar-refractivity contribution is -0.303. The van der Waals surface area contributed by atoms with Crippen LogP contribution in [-0.4, -0.2) is 98.7 Å². The third-order valence-electron chi connectivity index (χ3n) is 10.8. The van der Waals surface area contributed by atoms with E-state index in [-0.39, 0.29) is 18.9 Å². The highest BCUT2D eigenvalue weighted by Gasteiger charge is 2.44. The van der Waals surface area contributed by atoms with Crippen molar-refractivity contribution < 1.29 is 44.9 Å². The quantitative estimate of drug-likeness (QED) is 0.0324. The number of amides is 1. The van der Waals surface area contributed by atoms with Crippen LogP contribution < -0.4 is 5.32 Å². The summed E-state index contributed by atoms with van der Waals surface area (Å²) in [6.45, 7) is 3.60. The Bertz CT molecular complexity index is 803. The van der Waals surface area contributed by atoms with Crippen molar-refractivity contribution in [1.82, 2.24) is 5.32 Å². The van der Waals surface area contributed by atoms with Gasteiger partial charge in [0.25, 0.3) is 0 Å². The second-order valence-corrected chi connectivity index (χ2v) is 15.6. The molecule has 0 saturated carbocycles. The van der Waals surface area contributed by atoms with Gasteiger partial charge in [-0.25, -0.2) is 0 Å². The summed E-state index contributed by atoms with van der Waals surface area (Å²) in [6, 6.07) is -0.983. The molecule has 2 unspecified atom stereocenters. The van der Waals surface area contributed by atoms with Crippen LogP contribution in [-0.2, 0) is 14.3 Å². The summed E-state index contributed by atoms with van der Waals surface area (Å²) in [4.78, 5) is 12.9. The highest BCUT2D eigenvalue weighted by atomic mass is 16.7. The molecule has 1 rings (SSSR count). The fourth-order valence-electron chi connectivity index (χ4n) is 7.20. The normalized spacial score (nSPS) is 22.3. The summed E-state index contributed by atoms with van der Waals surface area (Å²) in [7, 11) is 0. The van der Waals surface area contributed by atoms with E-state index in [2.05, 4.69) is 19.2 Å². The van der Waals surface area contributed by atoms with Crippen molar-refractivity contribution in [2.24, 2.45) is 0 Å². The van der Waals surface area contributed by atoms with Crippen molar-refractivity contribution in [1.29, 1.82) is 0 Å². The summed E-state index contributed by atoms with van der Waals surface area (Å²) in [5.41, 5.74) is 0. The number of ether oxygens (including phenoxy) is 2. The lowest BCUT2D eigenvalue weighted by Gasteiger charge is -2.40. The molecule has 310 valence electrons. The fraction of sp³-hybridized carbons (Fsp3) is 0.976. The van der Waals surface area contributed by atoms with E-state index >= 15 is 0 Å². The average Bonchev–Trinajstić information content (AvgIpc) is 3.14. The number of hydrogen-bond acceptors (Lipinski definition) is 9. The van der Waals surface area contributed by atoms with Crippen molar-refractivity contribution in [3.63, 3.8) is 0 Å². The van der Waals surface area contributed by atoms with Crippen LogP contribution in [0.25, 0.3) is 0 Å². The van der Waals surface area contributed by atoms with Crippen LogP contribution in [0.5, 0.6) is 0 Å². The van der Waals surface area contributed by atoms with Crippen LogP contribution in [0.15, 0.2) is 0 Å². The zero-order chi connectivity index (χ0) is 38.2. The molecule has 7 N–H and O–H groups in total. The van der Waals surface area contributed by atoms with E-state index in [9.17, 15) is 35.4 Å². The lowest BCUT2D eigenvalue weighted by Crippen LogP contribution is -2.60. The van der Waals surface area contributed by atoms with Gasteiger partial charge in [0.05, 0.1) is 25.4 Å². The topological polar surface area (TPSA) is 169 Å². The monoisotopic (exact) mass is 746 g/mol. The summed E-state index contributed by atoms with van der Waals surface area (Å²) in [5, 5.41) is 65.0. The Balaban J connectivity index is 2.43. The Hall–Kier alpha value is -0.850. The zero-order valence-electron chi connectivity index (χ0n) is 33.4. The van der Waals surface area contributed by atoms with E-state index in [0.717, 1.165) is 44.9 Å². The molecule has 10 nitrogen and oxygen atoms in total. The van der Waals surface area contributed by atoms with Gasteiger partial charge in [-0.3, -0.25) is 4.79 Å². The molecule has 1 heterocycles. The molecule has 0 spiro atoms. The van der Waals surface area contributed by atoms with Crippen LogP contribution in [0.4, 0.5) is 0 Å². The van der Waals surface area contributed by atoms with Gasteiger partial charge in [0, 0.05) is 6.42 Å². The second-order valence-electron chi connectivity index (χ2n) is 15.6. The first kappa shape index (κ1) is 49.2. The maximum absolute atomic E-state index is 12.9. The molecule has 0 aromatic carbocycles. The van der Waals surface area contributed by atoms with Gasteiger partial charge < -0.3 is 45.4 Å². The molecule has 0 aliphatic carbocycles. The first-order chi connectivity index (χ1) is 25.3. The van der Waals surface area contributed by atoms with E-state index in [0.29, 0.717) is 6.42 Å². The minimum absolute atomic E-state index is 0.256. The van der Waals surface area contributed by atoms with E-state index in [4.69, 9.17) is 9.47 Å². The number of aliphatic hydroxyl groups excluding tert-OH is 6. The molecule has 0 aromatic rings. The smallest absolute Gasteiger partial charge is 0.220 e. The number of unbranched alkanes of at least 4 members (excludes halogenated alkanes) is 25. The zero-order valence-corrected chi connectivity index (χ0v) is 33.4. The van der Waals surface area contributed by atoms with Gasteiger partial charge in [0.2, 0.25) is 5.91 Å². The first-order valence-electron chi connectivity index (χ1n) is 21.8. The highest BCUT2D eigenvalue weighted by Crippen LogP contribution is 2.23. The molecule has 8 atom stereocenters. The predicted molar refractivity (Wildman–Crippen MR) is 209 cm³/mol. The van der Waals surface area contributed by atoms with E-state index < -0.39 is 55.6 Å². The second kappa shape index (κ2) is 33.5. The van der Waals surface area contributed by atoms with Crippen molar-refractivity contribution in [3.8, 4) is 0 Å². The van der Waals surface area contributed by atoms with E-state index in [1.54, 1.807) is 0 Å². The van der Waals surface area contributed by atoms with Gasteiger partial charge in [-0.15, -0.1) is 0 Å². The Labute approximate surface area is 317 Å². The van der Waals surface area contributed by atoms with E-state index in [1.165, 1.54) is 128 Å². The van der Waals surface area contributed by atoms with Crippen molar-refractivity contribution >= 4 is 5.91 Å². The van der Waals surface area contributed by atoms with Crippen molar-refractivity contribution in [3.05, 3.63) is 0 Å². The minimum Gasteiger partial charge on any atom is -0.394 e.